The van der Waals surface area contributed by atoms with E-state index >= 15 is 0 Å². The quantitative estimate of drug-likeness (QED) is 0.784. The Kier molecular flexibility index (Phi) is 4.25. The van der Waals surface area contributed by atoms with Gasteiger partial charge in [-0.1, -0.05) is 6.92 Å². The minimum Gasteiger partial charge on any atom is -0.479 e. The first-order chi connectivity index (χ1) is 8.96. The number of thioether (sulfide) groups is 1. The predicted molar refractivity (Wildman–Crippen MR) is 72.4 cm³/mol. The van der Waals surface area contributed by atoms with Gasteiger partial charge in [0, 0.05) is 36.6 Å². The molecule has 108 valence electrons. The normalized spacial score (nSPS) is 35.2. The van der Waals surface area contributed by atoms with Crippen LogP contribution in [0.4, 0.5) is 4.79 Å². The summed E-state index contributed by atoms with van der Waals surface area (Å²) in [5.74, 6) is -0.138. The van der Waals surface area contributed by atoms with Crippen LogP contribution in [0.5, 0.6) is 0 Å². The lowest BCUT2D eigenvalue weighted by atomic mass is 9.99. The fourth-order valence-corrected chi connectivity index (χ4v) is 3.48. The number of carboxylic acid groups (broad SMARTS) is 1. The Bertz CT molecular complexity index is 371. The summed E-state index contributed by atoms with van der Waals surface area (Å²) in [6, 6.07) is -0.195. The molecule has 2 aliphatic heterocycles. The van der Waals surface area contributed by atoms with Crippen molar-refractivity contribution in [1.82, 2.24) is 10.2 Å². The summed E-state index contributed by atoms with van der Waals surface area (Å²) in [6.07, 6.45) is 0.320. The third kappa shape index (κ3) is 2.81. The Morgan fingerprint density at radius 1 is 1.47 bits per heavy atom. The molecule has 7 heteroatoms. The van der Waals surface area contributed by atoms with Gasteiger partial charge in [-0.25, -0.2) is 9.59 Å². The number of carbonyl (C=O) groups is 2. The van der Waals surface area contributed by atoms with Crippen LogP contribution >= 0.6 is 11.8 Å². The van der Waals surface area contributed by atoms with Crippen LogP contribution in [0.1, 0.15) is 20.3 Å². The summed E-state index contributed by atoms with van der Waals surface area (Å²) >= 11 is 1.83. The van der Waals surface area contributed by atoms with Gasteiger partial charge in [0.2, 0.25) is 0 Å². The molecule has 0 saturated carbocycles. The van der Waals surface area contributed by atoms with E-state index in [0.29, 0.717) is 24.8 Å². The van der Waals surface area contributed by atoms with Crippen molar-refractivity contribution in [3.8, 4) is 0 Å². The van der Waals surface area contributed by atoms with E-state index in [0.717, 1.165) is 5.75 Å². The first kappa shape index (κ1) is 14.5. The highest BCUT2D eigenvalue weighted by molar-refractivity contribution is 8.00. The van der Waals surface area contributed by atoms with Crippen molar-refractivity contribution in [2.45, 2.75) is 37.1 Å². The maximum Gasteiger partial charge on any atom is 0.332 e. The van der Waals surface area contributed by atoms with Gasteiger partial charge in [0.15, 0.2) is 5.54 Å². The largest absolute Gasteiger partial charge is 0.479 e. The highest BCUT2D eigenvalue weighted by Crippen LogP contribution is 2.25. The molecule has 2 heterocycles. The summed E-state index contributed by atoms with van der Waals surface area (Å²) in [5.41, 5.74) is -1.26. The predicted octanol–water partition coefficient (Wildman–Crippen LogP) is 0.765. The van der Waals surface area contributed by atoms with Gasteiger partial charge < -0.3 is 20.1 Å². The first-order valence-corrected chi connectivity index (χ1v) is 7.53. The fourth-order valence-electron chi connectivity index (χ4n) is 2.38. The Morgan fingerprint density at radius 2 is 2.21 bits per heavy atom. The van der Waals surface area contributed by atoms with E-state index < -0.39 is 11.5 Å². The number of hydrogen-bond acceptors (Lipinski definition) is 4. The second-order valence-corrected chi connectivity index (χ2v) is 6.62. The van der Waals surface area contributed by atoms with Gasteiger partial charge >= 0.3 is 12.0 Å². The SMILES string of the molecule is CC1SCCN(C(=O)NC2(C(=O)O)CCOC2)C1C. The maximum absolute atomic E-state index is 12.3. The van der Waals surface area contributed by atoms with Gasteiger partial charge in [-0.05, 0) is 6.92 Å². The third-order valence-corrected chi connectivity index (χ3v) is 5.26. The van der Waals surface area contributed by atoms with Gasteiger partial charge in [-0.15, -0.1) is 0 Å². The van der Waals surface area contributed by atoms with E-state index in [1.54, 1.807) is 4.90 Å². The summed E-state index contributed by atoms with van der Waals surface area (Å²) in [7, 11) is 0. The number of hydrogen-bond donors (Lipinski definition) is 2. The Morgan fingerprint density at radius 3 is 2.79 bits per heavy atom. The number of carboxylic acids is 1. The molecule has 2 fully saturated rings. The number of carbonyl (C=O) groups excluding carboxylic acids is 1. The molecule has 3 unspecified atom stereocenters. The van der Waals surface area contributed by atoms with Crippen LogP contribution in [0.15, 0.2) is 0 Å². The van der Waals surface area contributed by atoms with Gasteiger partial charge in [0.25, 0.3) is 0 Å². The molecular weight excluding hydrogens is 268 g/mol. The second-order valence-electron chi connectivity index (χ2n) is 5.13. The zero-order chi connectivity index (χ0) is 14.0. The topological polar surface area (TPSA) is 78.9 Å². The average Bonchev–Trinajstić information content (AvgIpc) is 2.82. The summed E-state index contributed by atoms with van der Waals surface area (Å²) in [4.78, 5) is 25.4. The number of nitrogens with one attached hydrogen (secondary N) is 1. The summed E-state index contributed by atoms with van der Waals surface area (Å²) in [6.45, 7) is 5.14. The second kappa shape index (κ2) is 5.58. The van der Waals surface area contributed by atoms with E-state index in [-0.39, 0.29) is 18.7 Å². The van der Waals surface area contributed by atoms with Crippen LogP contribution in [-0.4, -0.2) is 64.3 Å². The number of aliphatic carboxylic acids is 1. The molecule has 0 aromatic rings. The van der Waals surface area contributed by atoms with Gasteiger partial charge in [-0.2, -0.15) is 11.8 Å². The van der Waals surface area contributed by atoms with E-state index in [1.165, 1.54) is 0 Å². The van der Waals surface area contributed by atoms with Crippen LogP contribution in [0.2, 0.25) is 0 Å². The number of ether oxygens (including phenoxy) is 1. The number of urea groups is 1. The van der Waals surface area contributed by atoms with Gasteiger partial charge in [0.05, 0.1) is 6.61 Å². The van der Waals surface area contributed by atoms with Crippen molar-refractivity contribution in [1.29, 1.82) is 0 Å². The van der Waals surface area contributed by atoms with Crippen LogP contribution in [0.25, 0.3) is 0 Å². The molecule has 0 aromatic carbocycles. The number of nitrogens with zero attached hydrogens (tertiary/aromatic N) is 1. The molecule has 0 aliphatic carbocycles. The van der Waals surface area contributed by atoms with Crippen LogP contribution in [0.3, 0.4) is 0 Å². The molecule has 0 radical (unpaired) electrons. The minimum absolute atomic E-state index is 0.0423. The van der Waals surface area contributed by atoms with E-state index in [1.807, 2.05) is 18.7 Å². The number of amides is 2. The Balaban J connectivity index is 2.05. The smallest absolute Gasteiger partial charge is 0.332 e. The van der Waals surface area contributed by atoms with Crippen LogP contribution < -0.4 is 5.32 Å². The molecule has 0 spiro atoms. The molecule has 2 aliphatic rings. The Labute approximate surface area is 116 Å². The van der Waals surface area contributed by atoms with Crippen molar-refractivity contribution >= 4 is 23.8 Å². The molecule has 2 saturated heterocycles. The van der Waals surface area contributed by atoms with E-state index in [4.69, 9.17) is 4.74 Å². The van der Waals surface area contributed by atoms with Crippen molar-refractivity contribution in [3.05, 3.63) is 0 Å². The lowest BCUT2D eigenvalue weighted by Gasteiger charge is -2.39. The van der Waals surface area contributed by atoms with E-state index in [2.05, 4.69) is 12.2 Å². The fraction of sp³-hybridized carbons (Fsp3) is 0.833. The Hall–Kier alpha value is -0.950. The molecule has 3 atom stereocenters. The molecule has 2 amide bonds. The zero-order valence-corrected chi connectivity index (χ0v) is 12.0. The standard InChI is InChI=1S/C12H20N2O4S/c1-8-9(2)19-6-4-14(8)11(17)13-12(10(15)16)3-5-18-7-12/h8-9H,3-7H2,1-2H3,(H,13,17)(H,15,16). The minimum atomic E-state index is -1.26. The van der Waals surface area contributed by atoms with Crippen molar-refractivity contribution in [3.63, 3.8) is 0 Å². The third-order valence-electron chi connectivity index (χ3n) is 3.92. The zero-order valence-electron chi connectivity index (χ0n) is 11.2. The maximum atomic E-state index is 12.3. The molecule has 0 aromatic heterocycles. The summed E-state index contributed by atoms with van der Waals surface area (Å²) in [5, 5.41) is 12.3. The molecule has 2 N–H and O–H groups in total. The van der Waals surface area contributed by atoms with E-state index in [9.17, 15) is 14.7 Å². The molecule has 19 heavy (non-hydrogen) atoms. The summed E-state index contributed by atoms with van der Waals surface area (Å²) < 4.78 is 5.14. The van der Waals surface area contributed by atoms with Crippen molar-refractivity contribution in [2.75, 3.05) is 25.5 Å². The molecule has 6 nitrogen and oxygen atoms in total. The lowest BCUT2D eigenvalue weighted by molar-refractivity contribution is -0.144. The highest BCUT2D eigenvalue weighted by Gasteiger charge is 2.45. The first-order valence-electron chi connectivity index (χ1n) is 6.48. The van der Waals surface area contributed by atoms with Gasteiger partial charge in [-0.3, -0.25) is 0 Å². The highest BCUT2D eigenvalue weighted by atomic mass is 32.2. The van der Waals surface area contributed by atoms with Crippen molar-refractivity contribution in [2.24, 2.45) is 0 Å². The lowest BCUT2D eigenvalue weighted by Crippen LogP contribution is -2.61. The monoisotopic (exact) mass is 288 g/mol. The molecule has 2 rings (SSSR count). The molecular formula is C12H20N2O4S. The van der Waals surface area contributed by atoms with Crippen LogP contribution in [-0.2, 0) is 9.53 Å². The van der Waals surface area contributed by atoms with Crippen LogP contribution in [0, 0.1) is 0 Å². The number of rotatable bonds is 2. The van der Waals surface area contributed by atoms with Crippen molar-refractivity contribution < 1.29 is 19.4 Å². The van der Waals surface area contributed by atoms with Gasteiger partial charge in [0.1, 0.15) is 0 Å². The molecule has 0 bridgehead atoms. The average molecular weight is 288 g/mol.